The third-order valence-corrected chi connectivity index (χ3v) is 7.21. The number of carbonyl (C=O) groups is 1. The number of nitrogens with zero attached hydrogens (tertiary/aromatic N) is 1. The number of fused-ring (bicyclic) bond motifs is 1. The molecule has 0 radical (unpaired) electrons. The molecule has 35 heavy (non-hydrogen) atoms. The molecule has 0 saturated carbocycles. The van der Waals surface area contributed by atoms with Gasteiger partial charge in [-0.1, -0.05) is 42.5 Å². The van der Waals surface area contributed by atoms with Gasteiger partial charge in [-0.05, 0) is 71.7 Å². The number of amides is 1. The first kappa shape index (κ1) is 24.9. The van der Waals surface area contributed by atoms with Crippen LogP contribution >= 0.6 is 11.8 Å². The van der Waals surface area contributed by atoms with Crippen LogP contribution in [0, 0.1) is 0 Å². The van der Waals surface area contributed by atoms with Gasteiger partial charge in [0.2, 0.25) is 0 Å². The molecule has 6 heteroatoms. The van der Waals surface area contributed by atoms with Crippen molar-refractivity contribution < 1.29 is 4.79 Å². The lowest BCUT2D eigenvalue weighted by atomic mass is 9.97. The number of carbonyl (C=O) groups excluding carboxylic acids is 1. The lowest BCUT2D eigenvalue weighted by Crippen LogP contribution is -2.34. The summed E-state index contributed by atoms with van der Waals surface area (Å²) in [5.41, 5.74) is 13.8. The lowest BCUT2D eigenvalue weighted by molar-refractivity contribution is 0.0951. The minimum absolute atomic E-state index is 0.0389. The minimum atomic E-state index is -0.0389. The van der Waals surface area contributed by atoms with Crippen LogP contribution in [0.5, 0.6) is 0 Å². The molecule has 0 bridgehead atoms. The zero-order chi connectivity index (χ0) is 24.6. The van der Waals surface area contributed by atoms with Crippen molar-refractivity contribution >= 4 is 29.1 Å². The molecular weight excluding hydrogens is 452 g/mol. The summed E-state index contributed by atoms with van der Waals surface area (Å²) in [4.78, 5) is 16.5. The Kier molecular flexibility index (Phi) is 8.50. The smallest absolute Gasteiger partial charge is 0.251 e. The van der Waals surface area contributed by atoms with Crippen LogP contribution in [0.4, 0.5) is 5.69 Å². The van der Waals surface area contributed by atoms with Crippen molar-refractivity contribution in [3.8, 4) is 0 Å². The lowest BCUT2D eigenvalue weighted by Gasteiger charge is -2.33. The highest BCUT2D eigenvalue weighted by atomic mass is 32.2. The number of anilines is 1. The highest BCUT2D eigenvalue weighted by molar-refractivity contribution is 7.98. The first-order valence-corrected chi connectivity index (χ1v) is 13.3. The molecule has 0 spiro atoms. The second-order valence-corrected chi connectivity index (χ2v) is 9.58. The average molecular weight is 487 g/mol. The number of hydrogen-bond acceptors (Lipinski definition) is 5. The van der Waals surface area contributed by atoms with Gasteiger partial charge in [-0.2, -0.15) is 0 Å². The number of hydrogen-bond donors (Lipinski definition) is 3. The highest BCUT2D eigenvalue weighted by Crippen LogP contribution is 2.29. The van der Waals surface area contributed by atoms with E-state index in [2.05, 4.69) is 70.3 Å². The predicted octanol–water partition coefficient (Wildman–Crippen LogP) is 4.68. The largest absolute Gasteiger partial charge is 0.388 e. The number of aryl methyl sites for hydroxylation is 1. The van der Waals surface area contributed by atoms with E-state index in [0.717, 1.165) is 42.8 Å². The van der Waals surface area contributed by atoms with Crippen LogP contribution in [0.2, 0.25) is 0 Å². The van der Waals surface area contributed by atoms with Crippen molar-refractivity contribution in [3.05, 3.63) is 101 Å². The van der Waals surface area contributed by atoms with Crippen LogP contribution in [0.25, 0.3) is 5.70 Å². The van der Waals surface area contributed by atoms with E-state index in [4.69, 9.17) is 5.73 Å². The molecule has 1 aliphatic rings. The maximum Gasteiger partial charge on any atom is 0.251 e. The fourth-order valence-corrected chi connectivity index (χ4v) is 5.02. The molecule has 3 aromatic rings. The molecule has 4 N–H and O–H groups in total. The van der Waals surface area contributed by atoms with Crippen LogP contribution < -0.4 is 21.3 Å². The maximum absolute atomic E-state index is 12.9. The van der Waals surface area contributed by atoms with Crippen molar-refractivity contribution in [2.45, 2.75) is 24.3 Å². The summed E-state index contributed by atoms with van der Waals surface area (Å²) in [6.45, 7) is 2.73. The Morgan fingerprint density at radius 1 is 1.03 bits per heavy atom. The van der Waals surface area contributed by atoms with Crippen molar-refractivity contribution in [2.24, 2.45) is 5.73 Å². The van der Waals surface area contributed by atoms with Crippen molar-refractivity contribution in [1.29, 1.82) is 0 Å². The van der Waals surface area contributed by atoms with Gasteiger partial charge in [0.05, 0.1) is 0 Å². The molecule has 1 aliphatic heterocycles. The van der Waals surface area contributed by atoms with E-state index in [-0.39, 0.29) is 5.91 Å². The Hall–Kier alpha value is -3.22. The normalized spacial score (nSPS) is 13.6. The van der Waals surface area contributed by atoms with E-state index in [9.17, 15) is 4.79 Å². The Balaban J connectivity index is 1.48. The van der Waals surface area contributed by atoms with Crippen LogP contribution in [0.1, 0.15) is 33.5 Å². The predicted molar refractivity (Wildman–Crippen MR) is 148 cm³/mol. The minimum Gasteiger partial charge on any atom is -0.388 e. The molecular formula is C29H34N4OS. The fraction of sp³-hybridized carbons (Fsp3) is 0.276. The van der Waals surface area contributed by atoms with Gasteiger partial charge >= 0.3 is 0 Å². The third-order valence-electron chi connectivity index (χ3n) is 6.46. The summed E-state index contributed by atoms with van der Waals surface area (Å²) in [7, 11) is 1.95. The molecule has 0 unspecified atom stereocenters. The van der Waals surface area contributed by atoms with Gasteiger partial charge in [-0.3, -0.25) is 4.79 Å². The van der Waals surface area contributed by atoms with Gasteiger partial charge in [0.25, 0.3) is 5.91 Å². The van der Waals surface area contributed by atoms with Crippen molar-refractivity contribution in [1.82, 2.24) is 10.6 Å². The summed E-state index contributed by atoms with van der Waals surface area (Å²) in [6, 6.07) is 24.7. The molecule has 1 heterocycles. The van der Waals surface area contributed by atoms with Crippen LogP contribution in [0.15, 0.2) is 83.3 Å². The molecule has 0 fully saturated rings. The molecule has 182 valence electrons. The zero-order valence-corrected chi connectivity index (χ0v) is 21.3. The Morgan fingerprint density at radius 2 is 1.80 bits per heavy atom. The SMILES string of the molecule is CN/C(=C(\CN)CN1CCCc2cc(C(=O)NCc3ccc(SC)cc3)ccc21)c1ccccc1. The van der Waals surface area contributed by atoms with Crippen LogP contribution in [0.3, 0.4) is 0 Å². The van der Waals surface area contributed by atoms with Gasteiger partial charge in [0, 0.05) is 55.1 Å². The topological polar surface area (TPSA) is 70.4 Å². The second kappa shape index (κ2) is 12.0. The van der Waals surface area contributed by atoms with Crippen LogP contribution in [-0.4, -0.2) is 38.8 Å². The van der Waals surface area contributed by atoms with Crippen LogP contribution in [-0.2, 0) is 13.0 Å². The summed E-state index contributed by atoms with van der Waals surface area (Å²) in [5.74, 6) is -0.0389. The van der Waals surface area contributed by atoms with Crippen molar-refractivity contribution in [2.75, 3.05) is 37.8 Å². The van der Waals surface area contributed by atoms with Gasteiger partial charge in [0.1, 0.15) is 0 Å². The fourth-order valence-electron chi connectivity index (χ4n) is 4.61. The van der Waals surface area contributed by atoms with Gasteiger partial charge in [-0.25, -0.2) is 0 Å². The van der Waals surface area contributed by atoms with E-state index < -0.39 is 0 Å². The number of benzene rings is 3. The van der Waals surface area contributed by atoms with Crippen molar-refractivity contribution in [3.63, 3.8) is 0 Å². The monoisotopic (exact) mass is 486 g/mol. The first-order valence-electron chi connectivity index (χ1n) is 12.1. The molecule has 0 aromatic heterocycles. The van der Waals surface area contributed by atoms with E-state index in [1.165, 1.54) is 21.7 Å². The number of nitrogens with two attached hydrogens (primary N) is 1. The molecule has 0 atom stereocenters. The molecule has 5 nitrogen and oxygen atoms in total. The summed E-state index contributed by atoms with van der Waals surface area (Å²) < 4.78 is 0. The first-order chi connectivity index (χ1) is 17.1. The molecule has 0 saturated heterocycles. The van der Waals surface area contributed by atoms with Gasteiger partial charge < -0.3 is 21.3 Å². The maximum atomic E-state index is 12.9. The molecule has 4 rings (SSSR count). The molecule has 3 aromatic carbocycles. The number of thioether (sulfide) groups is 1. The van der Waals surface area contributed by atoms with E-state index in [0.29, 0.717) is 18.7 Å². The second-order valence-electron chi connectivity index (χ2n) is 8.70. The summed E-state index contributed by atoms with van der Waals surface area (Å²) >= 11 is 1.71. The Bertz CT molecular complexity index is 1180. The van der Waals surface area contributed by atoms with Gasteiger partial charge in [-0.15, -0.1) is 11.8 Å². The number of rotatable bonds is 9. The highest BCUT2D eigenvalue weighted by Gasteiger charge is 2.20. The van der Waals surface area contributed by atoms with E-state index >= 15 is 0 Å². The van der Waals surface area contributed by atoms with E-state index in [1.807, 2.05) is 31.3 Å². The Morgan fingerprint density at radius 3 is 2.49 bits per heavy atom. The molecule has 1 amide bonds. The average Bonchev–Trinajstić information content (AvgIpc) is 2.92. The van der Waals surface area contributed by atoms with E-state index in [1.54, 1.807) is 11.8 Å². The summed E-state index contributed by atoms with van der Waals surface area (Å²) in [5, 5.41) is 6.42. The molecule has 0 aliphatic carbocycles. The zero-order valence-electron chi connectivity index (χ0n) is 20.5. The Labute approximate surface area is 212 Å². The van der Waals surface area contributed by atoms with Gasteiger partial charge in [0.15, 0.2) is 0 Å². The standard InChI is InChI=1S/C29H34N4OS/c1-31-28(22-7-4-3-5-8-22)25(18-30)20-33-16-6-9-23-17-24(12-15-27(23)33)29(34)32-19-21-10-13-26(35-2)14-11-21/h3-5,7-8,10-15,17,31H,6,9,16,18-20,30H2,1-2H3,(H,32,34)/b28-25+. The third kappa shape index (κ3) is 6.08. The quantitative estimate of drug-likeness (QED) is 0.383. The summed E-state index contributed by atoms with van der Waals surface area (Å²) in [6.07, 6.45) is 4.09. The number of nitrogens with one attached hydrogen (secondary N) is 2.